The third-order valence-corrected chi connectivity index (χ3v) is 3.16. The Morgan fingerprint density at radius 1 is 1.16 bits per heavy atom. The van der Waals surface area contributed by atoms with Gasteiger partial charge in [-0.2, -0.15) is 0 Å². The molecule has 0 aliphatic rings. The Balaban J connectivity index is 2.44. The summed E-state index contributed by atoms with van der Waals surface area (Å²) in [4.78, 5) is 0. The fourth-order valence-corrected chi connectivity index (χ4v) is 2.13. The van der Waals surface area contributed by atoms with Gasteiger partial charge in [0.25, 0.3) is 0 Å². The Labute approximate surface area is 117 Å². The van der Waals surface area contributed by atoms with Crippen molar-refractivity contribution in [3.63, 3.8) is 0 Å². The van der Waals surface area contributed by atoms with E-state index in [1.165, 1.54) is 6.07 Å². The quantitative estimate of drug-likeness (QED) is 0.920. The average molecular weight is 280 g/mol. The van der Waals surface area contributed by atoms with Crippen molar-refractivity contribution in [2.45, 2.75) is 13.0 Å². The summed E-state index contributed by atoms with van der Waals surface area (Å²) < 4.78 is 19.5. The number of ether oxygens (including phenoxy) is 1. The zero-order chi connectivity index (χ0) is 13.8. The molecule has 4 heteroatoms. The van der Waals surface area contributed by atoms with Crippen molar-refractivity contribution in [1.82, 2.24) is 0 Å². The van der Waals surface area contributed by atoms with Crippen LogP contribution >= 0.6 is 11.6 Å². The molecule has 0 saturated heterocycles. The maximum atomic E-state index is 14.0. The molecule has 2 N–H and O–H groups in total. The minimum absolute atomic E-state index is 0.0711. The largest absolute Gasteiger partial charge is 0.494 e. The first-order valence-corrected chi connectivity index (χ1v) is 6.44. The number of nitrogens with two attached hydrogens (primary N) is 1. The monoisotopic (exact) mass is 279 g/mol. The van der Waals surface area contributed by atoms with E-state index >= 15 is 0 Å². The van der Waals surface area contributed by atoms with Gasteiger partial charge in [0.05, 0.1) is 17.7 Å². The molecule has 0 fully saturated rings. The zero-order valence-corrected chi connectivity index (χ0v) is 11.3. The summed E-state index contributed by atoms with van der Waals surface area (Å²) in [5, 5.41) is 0.0711. The van der Waals surface area contributed by atoms with E-state index in [-0.39, 0.29) is 5.02 Å². The summed E-state index contributed by atoms with van der Waals surface area (Å²) in [6.45, 7) is 2.42. The molecule has 0 aliphatic carbocycles. The van der Waals surface area contributed by atoms with E-state index in [1.807, 2.05) is 31.2 Å². The van der Waals surface area contributed by atoms with E-state index in [9.17, 15) is 4.39 Å². The van der Waals surface area contributed by atoms with Gasteiger partial charge in [-0.15, -0.1) is 0 Å². The van der Waals surface area contributed by atoms with Crippen LogP contribution in [0.15, 0.2) is 42.5 Å². The van der Waals surface area contributed by atoms with Crippen LogP contribution in [0.2, 0.25) is 5.02 Å². The molecule has 2 aromatic carbocycles. The molecule has 100 valence electrons. The van der Waals surface area contributed by atoms with Crippen LogP contribution in [0.25, 0.3) is 0 Å². The Hall–Kier alpha value is -1.58. The van der Waals surface area contributed by atoms with Crippen molar-refractivity contribution >= 4 is 11.6 Å². The summed E-state index contributed by atoms with van der Waals surface area (Å²) in [5.74, 6) is 0.180. The number of benzene rings is 2. The van der Waals surface area contributed by atoms with Crippen molar-refractivity contribution < 1.29 is 9.13 Å². The zero-order valence-electron chi connectivity index (χ0n) is 10.6. The molecule has 0 radical (unpaired) electrons. The lowest BCUT2D eigenvalue weighted by Gasteiger charge is -2.17. The van der Waals surface area contributed by atoms with Crippen LogP contribution in [-0.4, -0.2) is 6.61 Å². The maximum Gasteiger partial charge on any atom is 0.146 e. The Bertz CT molecular complexity index is 574. The van der Waals surface area contributed by atoms with Gasteiger partial charge in [-0.1, -0.05) is 41.9 Å². The molecule has 1 unspecified atom stereocenters. The molecule has 2 nitrogen and oxygen atoms in total. The molecule has 0 amide bonds. The second kappa shape index (κ2) is 6.04. The molecule has 1 atom stereocenters. The van der Waals surface area contributed by atoms with Gasteiger partial charge in [-0.3, -0.25) is 0 Å². The van der Waals surface area contributed by atoms with Crippen molar-refractivity contribution in [1.29, 1.82) is 0 Å². The highest BCUT2D eigenvalue weighted by Crippen LogP contribution is 2.31. The summed E-state index contributed by atoms with van der Waals surface area (Å²) >= 11 is 5.78. The first kappa shape index (κ1) is 13.8. The molecule has 0 heterocycles. The van der Waals surface area contributed by atoms with Crippen molar-refractivity contribution in [3.8, 4) is 5.75 Å². The molecule has 0 bridgehead atoms. The van der Waals surface area contributed by atoms with Gasteiger partial charge < -0.3 is 10.5 Å². The van der Waals surface area contributed by atoms with Gasteiger partial charge in [0.1, 0.15) is 11.6 Å². The van der Waals surface area contributed by atoms with E-state index in [1.54, 1.807) is 12.1 Å². The smallest absolute Gasteiger partial charge is 0.146 e. The third-order valence-electron chi connectivity index (χ3n) is 2.87. The number of rotatable bonds is 4. The van der Waals surface area contributed by atoms with Gasteiger partial charge in [0.2, 0.25) is 0 Å². The Morgan fingerprint density at radius 3 is 2.58 bits per heavy atom. The molecule has 0 saturated carbocycles. The highest BCUT2D eigenvalue weighted by molar-refractivity contribution is 6.30. The van der Waals surface area contributed by atoms with E-state index in [2.05, 4.69) is 0 Å². The second-order valence-corrected chi connectivity index (χ2v) is 4.50. The topological polar surface area (TPSA) is 35.2 Å². The predicted octanol–water partition coefficient (Wildman–Crippen LogP) is 3.93. The molecule has 19 heavy (non-hydrogen) atoms. The van der Waals surface area contributed by atoms with E-state index in [4.69, 9.17) is 22.1 Å². The molecule has 0 aliphatic heterocycles. The second-order valence-electron chi connectivity index (χ2n) is 4.09. The van der Waals surface area contributed by atoms with Crippen LogP contribution in [0.1, 0.15) is 24.1 Å². The van der Waals surface area contributed by atoms with Gasteiger partial charge in [-0.25, -0.2) is 4.39 Å². The minimum atomic E-state index is -0.610. The fourth-order valence-electron chi connectivity index (χ4n) is 1.95. The summed E-state index contributed by atoms with van der Waals surface area (Å²) in [5.41, 5.74) is 7.24. The first-order chi connectivity index (χ1) is 9.15. The van der Waals surface area contributed by atoms with E-state index < -0.39 is 11.9 Å². The number of halogens is 2. The minimum Gasteiger partial charge on any atom is -0.494 e. The predicted molar refractivity (Wildman–Crippen MR) is 75.1 cm³/mol. The van der Waals surface area contributed by atoms with Crippen LogP contribution in [-0.2, 0) is 0 Å². The van der Waals surface area contributed by atoms with E-state index in [0.717, 1.165) is 5.56 Å². The lowest BCUT2D eigenvalue weighted by atomic mass is 9.98. The highest BCUT2D eigenvalue weighted by Gasteiger charge is 2.18. The number of hydrogen-bond acceptors (Lipinski definition) is 2. The van der Waals surface area contributed by atoms with Crippen molar-refractivity contribution in [3.05, 3.63) is 64.4 Å². The third kappa shape index (κ3) is 2.88. The molecular formula is C15H15ClFNO. The molecule has 2 aromatic rings. The standard InChI is InChI=1S/C15H15ClFNO/c1-2-19-13-9-4-3-6-10(13)15(18)11-7-5-8-12(16)14(11)17/h3-9,15H,2,18H2,1H3. The first-order valence-electron chi connectivity index (χ1n) is 6.06. The summed E-state index contributed by atoms with van der Waals surface area (Å²) in [6, 6.07) is 11.6. The maximum absolute atomic E-state index is 14.0. The fraction of sp³-hybridized carbons (Fsp3) is 0.200. The molecule has 2 rings (SSSR count). The van der Waals surface area contributed by atoms with Gasteiger partial charge in [0.15, 0.2) is 0 Å². The van der Waals surface area contributed by atoms with Crippen molar-refractivity contribution in [2.75, 3.05) is 6.61 Å². The van der Waals surface area contributed by atoms with E-state index in [0.29, 0.717) is 17.9 Å². The van der Waals surface area contributed by atoms with Gasteiger partial charge in [-0.05, 0) is 19.1 Å². The Morgan fingerprint density at radius 2 is 1.84 bits per heavy atom. The van der Waals surface area contributed by atoms with Crippen LogP contribution in [0, 0.1) is 5.82 Å². The molecule has 0 spiro atoms. The summed E-state index contributed by atoms with van der Waals surface area (Å²) in [7, 11) is 0. The van der Waals surface area contributed by atoms with Crippen LogP contribution in [0.3, 0.4) is 0 Å². The average Bonchev–Trinajstić information content (AvgIpc) is 2.42. The number of hydrogen-bond donors (Lipinski definition) is 1. The van der Waals surface area contributed by atoms with Gasteiger partial charge in [0, 0.05) is 11.1 Å². The van der Waals surface area contributed by atoms with Crippen LogP contribution in [0.4, 0.5) is 4.39 Å². The number of para-hydroxylation sites is 1. The normalized spacial score (nSPS) is 12.2. The lowest BCUT2D eigenvalue weighted by Crippen LogP contribution is -2.15. The van der Waals surface area contributed by atoms with Gasteiger partial charge >= 0.3 is 0 Å². The molecule has 0 aromatic heterocycles. The van der Waals surface area contributed by atoms with Crippen LogP contribution < -0.4 is 10.5 Å². The van der Waals surface area contributed by atoms with Crippen molar-refractivity contribution in [2.24, 2.45) is 5.73 Å². The van der Waals surface area contributed by atoms with Crippen LogP contribution in [0.5, 0.6) is 5.75 Å². The lowest BCUT2D eigenvalue weighted by molar-refractivity contribution is 0.335. The molecular weight excluding hydrogens is 265 g/mol. The SMILES string of the molecule is CCOc1ccccc1C(N)c1cccc(Cl)c1F. The highest BCUT2D eigenvalue weighted by atomic mass is 35.5. The Kier molecular flexibility index (Phi) is 4.40. The summed E-state index contributed by atoms with van der Waals surface area (Å²) in [6.07, 6.45) is 0.